The van der Waals surface area contributed by atoms with Crippen LogP contribution in [0.4, 0.5) is 4.39 Å². The fraction of sp³-hybridized carbons (Fsp3) is 0.462. The Morgan fingerprint density at radius 2 is 2.18 bits per heavy atom. The second-order valence-corrected chi connectivity index (χ2v) is 3.76. The van der Waals surface area contributed by atoms with Crippen LogP contribution in [0.2, 0.25) is 0 Å². The molecule has 0 saturated carbocycles. The SMILES string of the molecule is CCOCC(C)Oc1cccc(F)c1C(C)=O. The van der Waals surface area contributed by atoms with E-state index in [2.05, 4.69) is 0 Å². The number of rotatable bonds is 6. The Balaban J connectivity index is 2.83. The van der Waals surface area contributed by atoms with Crippen molar-refractivity contribution >= 4 is 5.78 Å². The fourth-order valence-electron chi connectivity index (χ4n) is 1.48. The van der Waals surface area contributed by atoms with Gasteiger partial charge in [-0.05, 0) is 32.9 Å². The van der Waals surface area contributed by atoms with Crippen molar-refractivity contribution in [2.45, 2.75) is 26.9 Å². The van der Waals surface area contributed by atoms with Crippen molar-refractivity contribution < 1.29 is 18.7 Å². The molecular formula is C13H17FO3. The molecule has 17 heavy (non-hydrogen) atoms. The number of carbonyl (C=O) groups excluding carboxylic acids is 1. The van der Waals surface area contributed by atoms with Gasteiger partial charge in [0.05, 0.1) is 12.2 Å². The molecule has 1 atom stereocenters. The molecule has 0 radical (unpaired) electrons. The maximum Gasteiger partial charge on any atom is 0.166 e. The molecule has 0 fully saturated rings. The van der Waals surface area contributed by atoms with Gasteiger partial charge in [0, 0.05) is 6.61 Å². The molecule has 0 aromatic heterocycles. The molecular weight excluding hydrogens is 223 g/mol. The lowest BCUT2D eigenvalue weighted by molar-refractivity contribution is 0.0646. The van der Waals surface area contributed by atoms with Crippen LogP contribution in [0.15, 0.2) is 18.2 Å². The third-order valence-electron chi connectivity index (χ3n) is 2.21. The zero-order valence-corrected chi connectivity index (χ0v) is 10.3. The molecule has 1 aromatic rings. The molecule has 0 bridgehead atoms. The normalized spacial score (nSPS) is 12.2. The summed E-state index contributed by atoms with van der Waals surface area (Å²) in [7, 11) is 0. The number of carbonyl (C=O) groups is 1. The Kier molecular flexibility index (Phi) is 5.10. The highest BCUT2D eigenvalue weighted by molar-refractivity contribution is 5.97. The lowest BCUT2D eigenvalue weighted by atomic mass is 10.1. The molecule has 1 rings (SSSR count). The first kappa shape index (κ1) is 13.6. The van der Waals surface area contributed by atoms with Crippen molar-refractivity contribution in [1.82, 2.24) is 0 Å². The van der Waals surface area contributed by atoms with Crippen molar-refractivity contribution in [2.24, 2.45) is 0 Å². The summed E-state index contributed by atoms with van der Waals surface area (Å²) in [6.07, 6.45) is -0.227. The van der Waals surface area contributed by atoms with E-state index in [1.165, 1.54) is 19.1 Å². The zero-order valence-electron chi connectivity index (χ0n) is 10.3. The van der Waals surface area contributed by atoms with Gasteiger partial charge in [-0.2, -0.15) is 0 Å². The van der Waals surface area contributed by atoms with Gasteiger partial charge >= 0.3 is 0 Å². The van der Waals surface area contributed by atoms with Gasteiger partial charge in [0.1, 0.15) is 17.7 Å². The molecule has 0 amide bonds. The van der Waals surface area contributed by atoms with Crippen LogP contribution in [-0.2, 0) is 4.74 Å². The Bertz CT molecular complexity index is 390. The van der Waals surface area contributed by atoms with Crippen molar-refractivity contribution in [3.63, 3.8) is 0 Å². The van der Waals surface area contributed by atoms with E-state index in [1.54, 1.807) is 6.07 Å². The predicted molar refractivity (Wildman–Crippen MR) is 63.0 cm³/mol. The fourth-order valence-corrected chi connectivity index (χ4v) is 1.48. The van der Waals surface area contributed by atoms with E-state index < -0.39 is 5.82 Å². The van der Waals surface area contributed by atoms with Crippen molar-refractivity contribution in [3.05, 3.63) is 29.6 Å². The Morgan fingerprint density at radius 3 is 2.76 bits per heavy atom. The number of benzene rings is 1. The maximum atomic E-state index is 13.5. The lowest BCUT2D eigenvalue weighted by Crippen LogP contribution is -2.20. The average Bonchev–Trinajstić information content (AvgIpc) is 2.25. The molecule has 3 nitrogen and oxygen atoms in total. The number of hydrogen-bond acceptors (Lipinski definition) is 3. The Labute approximate surface area is 101 Å². The summed E-state index contributed by atoms with van der Waals surface area (Å²) < 4.78 is 24.2. The molecule has 0 aliphatic heterocycles. The zero-order chi connectivity index (χ0) is 12.8. The standard InChI is InChI=1S/C13H17FO3/c1-4-16-8-9(2)17-12-7-5-6-11(14)13(12)10(3)15/h5-7,9H,4,8H2,1-3H3. The molecule has 0 saturated heterocycles. The highest BCUT2D eigenvalue weighted by Gasteiger charge is 2.16. The second-order valence-electron chi connectivity index (χ2n) is 3.76. The first-order chi connectivity index (χ1) is 8.06. The van der Waals surface area contributed by atoms with Gasteiger partial charge in [-0.1, -0.05) is 6.07 Å². The molecule has 0 N–H and O–H groups in total. The topological polar surface area (TPSA) is 35.5 Å². The molecule has 4 heteroatoms. The molecule has 1 unspecified atom stereocenters. The summed E-state index contributed by atoms with van der Waals surface area (Å²) in [6.45, 7) is 6.01. The lowest BCUT2D eigenvalue weighted by Gasteiger charge is -2.16. The Morgan fingerprint density at radius 1 is 1.47 bits per heavy atom. The number of hydrogen-bond donors (Lipinski definition) is 0. The summed E-state index contributed by atoms with van der Waals surface area (Å²) in [5, 5.41) is 0. The quantitative estimate of drug-likeness (QED) is 0.717. The van der Waals surface area contributed by atoms with Gasteiger partial charge in [-0.15, -0.1) is 0 Å². The van der Waals surface area contributed by atoms with Gasteiger partial charge in [0.15, 0.2) is 5.78 Å². The number of ether oxygens (including phenoxy) is 2. The second kappa shape index (κ2) is 6.35. The third-order valence-corrected chi connectivity index (χ3v) is 2.21. The van der Waals surface area contributed by atoms with E-state index >= 15 is 0 Å². The first-order valence-corrected chi connectivity index (χ1v) is 5.60. The van der Waals surface area contributed by atoms with E-state index in [1.807, 2.05) is 13.8 Å². The summed E-state index contributed by atoms with van der Waals surface area (Å²) in [4.78, 5) is 11.3. The van der Waals surface area contributed by atoms with Crippen molar-refractivity contribution in [2.75, 3.05) is 13.2 Å². The number of Topliss-reactive ketones (excluding diaryl/α,β-unsaturated/α-hetero) is 1. The van der Waals surface area contributed by atoms with Gasteiger partial charge < -0.3 is 9.47 Å². The summed E-state index contributed by atoms with van der Waals surface area (Å²) in [5.41, 5.74) is -0.00384. The van der Waals surface area contributed by atoms with Crippen LogP contribution in [0.1, 0.15) is 31.1 Å². The van der Waals surface area contributed by atoms with Crippen LogP contribution in [0.3, 0.4) is 0 Å². The van der Waals surface area contributed by atoms with E-state index in [4.69, 9.17) is 9.47 Å². The van der Waals surface area contributed by atoms with Crippen molar-refractivity contribution in [1.29, 1.82) is 0 Å². The smallest absolute Gasteiger partial charge is 0.166 e. The van der Waals surface area contributed by atoms with Gasteiger partial charge in [-0.25, -0.2) is 4.39 Å². The van der Waals surface area contributed by atoms with E-state index in [9.17, 15) is 9.18 Å². The number of ketones is 1. The summed E-state index contributed by atoms with van der Waals surface area (Å²) in [6, 6.07) is 4.35. The van der Waals surface area contributed by atoms with E-state index in [0.29, 0.717) is 13.2 Å². The predicted octanol–water partition coefficient (Wildman–Crippen LogP) is 2.83. The first-order valence-electron chi connectivity index (χ1n) is 5.60. The van der Waals surface area contributed by atoms with Crippen molar-refractivity contribution in [3.8, 4) is 5.75 Å². The number of halogens is 1. The molecule has 0 aliphatic rings. The maximum absolute atomic E-state index is 13.5. The van der Waals surface area contributed by atoms with E-state index in [-0.39, 0.29) is 23.2 Å². The van der Waals surface area contributed by atoms with Crippen LogP contribution >= 0.6 is 0 Å². The minimum atomic E-state index is -0.557. The molecule has 1 aromatic carbocycles. The van der Waals surface area contributed by atoms with Crippen LogP contribution < -0.4 is 4.74 Å². The van der Waals surface area contributed by atoms with Gasteiger partial charge in [0.25, 0.3) is 0 Å². The molecule has 0 spiro atoms. The van der Waals surface area contributed by atoms with Gasteiger partial charge in [-0.3, -0.25) is 4.79 Å². The minimum Gasteiger partial charge on any atom is -0.487 e. The van der Waals surface area contributed by atoms with Crippen LogP contribution in [-0.4, -0.2) is 25.1 Å². The van der Waals surface area contributed by atoms with Gasteiger partial charge in [0.2, 0.25) is 0 Å². The van der Waals surface area contributed by atoms with Crippen LogP contribution in [0.5, 0.6) is 5.75 Å². The van der Waals surface area contributed by atoms with Crippen LogP contribution in [0.25, 0.3) is 0 Å². The molecule has 0 heterocycles. The highest BCUT2D eigenvalue weighted by Crippen LogP contribution is 2.23. The summed E-state index contributed by atoms with van der Waals surface area (Å²) >= 11 is 0. The van der Waals surface area contributed by atoms with E-state index in [0.717, 1.165) is 0 Å². The third kappa shape index (κ3) is 3.82. The highest BCUT2D eigenvalue weighted by atomic mass is 19.1. The minimum absolute atomic E-state index is 0.00384. The molecule has 0 aliphatic carbocycles. The summed E-state index contributed by atoms with van der Waals surface area (Å²) in [5.74, 6) is -0.634. The largest absolute Gasteiger partial charge is 0.487 e. The Hall–Kier alpha value is -1.42. The average molecular weight is 240 g/mol. The van der Waals surface area contributed by atoms with Crippen LogP contribution in [0, 0.1) is 5.82 Å². The molecule has 94 valence electrons. The monoisotopic (exact) mass is 240 g/mol.